The number of pyridine rings is 1. The molecular weight excluding hydrogens is 641 g/mol. The third-order valence-corrected chi connectivity index (χ3v) is 8.88. The molecule has 2 aliphatic heterocycles. The number of β-lactam (4-membered cyclic amide) rings is 1. The minimum Gasteiger partial charge on any atom is -0.543 e. The molecule has 0 bridgehead atoms. The molecule has 2 amide bonds. The van der Waals surface area contributed by atoms with Gasteiger partial charge in [-0.25, -0.2) is 4.68 Å². The van der Waals surface area contributed by atoms with Crippen LogP contribution in [0, 0.1) is 0 Å². The molecule has 3 aromatic rings. The maximum atomic E-state index is 13.0. The quantitative estimate of drug-likeness (QED) is 0.0393. The molecule has 0 unspecified atom stereocenters. The van der Waals surface area contributed by atoms with Gasteiger partial charge in [-0.2, -0.15) is 14.1 Å². The molecule has 2 atom stereocenters. The Bertz CT molecular complexity index is 1710. The number of carboxylic acids is 1. The van der Waals surface area contributed by atoms with E-state index in [0.29, 0.717) is 11.3 Å². The van der Waals surface area contributed by atoms with Crippen molar-refractivity contribution in [3.8, 4) is 5.75 Å². The molecule has 43 heavy (non-hydrogen) atoms. The van der Waals surface area contributed by atoms with Crippen molar-refractivity contribution in [1.29, 1.82) is 0 Å². The first-order chi connectivity index (χ1) is 20.1. The number of anilines is 1. The van der Waals surface area contributed by atoms with Crippen LogP contribution in [0.25, 0.3) is 0 Å². The van der Waals surface area contributed by atoms with Gasteiger partial charge >= 0.3 is 29.6 Å². The Labute approximate surface area is 274 Å². The third kappa shape index (κ3) is 6.33. The van der Waals surface area contributed by atoms with E-state index >= 15 is 0 Å². The summed E-state index contributed by atoms with van der Waals surface area (Å²) in [6.45, 7) is -0.0178. The van der Waals surface area contributed by atoms with Gasteiger partial charge in [0.05, 0.1) is 30.1 Å². The van der Waals surface area contributed by atoms with Crippen LogP contribution in [0.1, 0.15) is 11.5 Å². The summed E-state index contributed by atoms with van der Waals surface area (Å²) in [5.41, 5.74) is 4.65. The Balaban J connectivity index is 0.00000423. The molecule has 1 saturated heterocycles. The number of hydrogen-bond acceptors (Lipinski definition) is 18. The molecule has 1 fully saturated rings. The number of nitrogens with two attached hydrogens (primary N) is 1. The number of thioether (sulfide) groups is 2. The molecule has 0 aliphatic carbocycles. The van der Waals surface area contributed by atoms with Crippen LogP contribution in [-0.4, -0.2) is 103 Å². The standard InChI is InChI=1S/C20H19N11O8S3.Na/c1-39-30-4-10(33)9(32)2-8(30)3-29-20(24-27-28-29)41-6-7-5-40-17-12(16(35)31(17)13(7)18(36)37)22-15(34)11(25-38)14-23-19(21)42-26-14;/h2,4,12,17,33,38H,3,5-6H2,1H3,(H,22,34)(H,36,37)(H2,21,23,26);/q;+1/p-1/b25-11-;/t12-,17+;/m1./s1. The third-order valence-electron chi connectivity index (χ3n) is 5.95. The molecule has 5 N–H and O–H groups in total. The molecule has 19 nitrogen and oxygen atoms in total. The monoisotopic (exact) mass is 659 g/mol. The number of aliphatic carboxylic acids is 1. The number of nitrogens with one attached hydrogen (secondary N) is 1. The SMILES string of the molecule is COn1cc(O)c(=O)cc1Cn1nnnc1SCC1=C(C(=O)[O-])N2C(=O)[C@@H](NC(=O)/C(=N\O)c3nsc(N)n3)[C@@H]2SC1.[Na+]. The number of nitrogen functional groups attached to an aromatic ring is 1. The summed E-state index contributed by atoms with van der Waals surface area (Å²) in [5, 5.41) is 47.3. The van der Waals surface area contributed by atoms with Crippen molar-refractivity contribution < 1.29 is 64.2 Å². The summed E-state index contributed by atoms with van der Waals surface area (Å²) < 4.78 is 6.32. The number of carboxylic acid groups (broad SMARTS) is 1. The summed E-state index contributed by atoms with van der Waals surface area (Å²) in [5.74, 6) is -3.74. The first kappa shape index (κ1) is 32.2. The number of tetrazole rings is 1. The van der Waals surface area contributed by atoms with E-state index in [1.807, 2.05) is 0 Å². The van der Waals surface area contributed by atoms with E-state index in [0.717, 1.165) is 40.5 Å². The van der Waals surface area contributed by atoms with Crippen LogP contribution in [0.2, 0.25) is 0 Å². The van der Waals surface area contributed by atoms with Crippen LogP contribution in [0.3, 0.4) is 0 Å². The van der Waals surface area contributed by atoms with Crippen LogP contribution in [0.4, 0.5) is 5.13 Å². The fourth-order valence-electron chi connectivity index (χ4n) is 4.05. The van der Waals surface area contributed by atoms with E-state index < -0.39 is 46.1 Å². The van der Waals surface area contributed by atoms with Crippen molar-refractivity contribution >= 4 is 63.7 Å². The van der Waals surface area contributed by atoms with Gasteiger partial charge in [-0.15, -0.1) is 16.9 Å². The number of carbonyl (C=O) groups excluding carboxylic acids is 3. The van der Waals surface area contributed by atoms with Gasteiger partial charge in [0.25, 0.3) is 11.8 Å². The van der Waals surface area contributed by atoms with Crippen LogP contribution in [0.15, 0.2) is 38.6 Å². The van der Waals surface area contributed by atoms with Crippen molar-refractivity contribution in [2.75, 3.05) is 24.3 Å². The van der Waals surface area contributed by atoms with Crippen LogP contribution in [-0.2, 0) is 20.9 Å². The molecule has 3 aromatic heterocycles. The predicted octanol–water partition coefficient (Wildman–Crippen LogP) is -6.54. The van der Waals surface area contributed by atoms with Crippen LogP contribution < -0.4 is 56.0 Å². The van der Waals surface area contributed by atoms with Gasteiger partial charge in [-0.1, -0.05) is 16.9 Å². The molecule has 0 radical (unpaired) electrons. The van der Waals surface area contributed by atoms with E-state index in [9.17, 15) is 34.6 Å². The summed E-state index contributed by atoms with van der Waals surface area (Å²) in [6.07, 6.45) is 1.10. The van der Waals surface area contributed by atoms with Gasteiger partial charge in [0.1, 0.15) is 18.5 Å². The van der Waals surface area contributed by atoms with Gasteiger partial charge in [0.2, 0.25) is 22.1 Å². The smallest absolute Gasteiger partial charge is 0.543 e. The number of aromatic hydroxyl groups is 1. The van der Waals surface area contributed by atoms with Crippen LogP contribution in [0.5, 0.6) is 5.75 Å². The van der Waals surface area contributed by atoms with Crippen molar-refractivity contribution in [1.82, 2.24) is 44.5 Å². The molecule has 0 saturated carbocycles. The summed E-state index contributed by atoms with van der Waals surface area (Å²) in [6, 6.07) is 0.0433. The normalized spacial score (nSPS) is 18.0. The number of amides is 2. The number of hydrogen-bond donors (Lipinski definition) is 4. The van der Waals surface area contributed by atoms with Gasteiger partial charge in [-0.05, 0) is 16.0 Å². The molecule has 0 spiro atoms. The summed E-state index contributed by atoms with van der Waals surface area (Å²) in [4.78, 5) is 59.6. The first-order valence-corrected chi connectivity index (χ1v) is 14.3. The Morgan fingerprint density at radius 3 is 2.79 bits per heavy atom. The van der Waals surface area contributed by atoms with Crippen molar-refractivity contribution in [2.24, 2.45) is 5.16 Å². The molecular formula is C20H18N11NaO8S3. The van der Waals surface area contributed by atoms with E-state index in [2.05, 4.69) is 35.4 Å². The Hall–Kier alpha value is -3.70. The second kappa shape index (κ2) is 13.3. The molecule has 23 heteroatoms. The zero-order valence-corrected chi connectivity index (χ0v) is 26.6. The van der Waals surface area contributed by atoms with Crippen molar-refractivity contribution in [3.63, 3.8) is 0 Å². The zero-order valence-electron chi connectivity index (χ0n) is 22.1. The number of aromatic nitrogens is 7. The maximum absolute atomic E-state index is 13.0. The largest absolute Gasteiger partial charge is 1.00 e. The Morgan fingerprint density at radius 2 is 2.14 bits per heavy atom. The summed E-state index contributed by atoms with van der Waals surface area (Å²) in [7, 11) is 1.34. The molecule has 220 valence electrons. The fourth-order valence-corrected chi connectivity index (χ4v) is 6.85. The second-order valence-electron chi connectivity index (χ2n) is 8.44. The van der Waals surface area contributed by atoms with Gasteiger partial charge < -0.3 is 36.1 Å². The predicted molar refractivity (Wildman–Crippen MR) is 142 cm³/mol. The Kier molecular flexibility index (Phi) is 9.96. The molecule has 5 rings (SSSR count). The average molecular weight is 660 g/mol. The molecule has 2 aliphatic rings. The van der Waals surface area contributed by atoms with Gasteiger partial charge in [-0.3, -0.25) is 19.3 Å². The minimum absolute atomic E-state index is 0. The first-order valence-electron chi connectivity index (χ1n) is 11.5. The molecule has 5 heterocycles. The molecule has 0 aromatic carbocycles. The van der Waals surface area contributed by atoms with Gasteiger partial charge in [0, 0.05) is 29.1 Å². The topological polar surface area (TPSA) is 269 Å². The van der Waals surface area contributed by atoms with Crippen LogP contribution >= 0.6 is 35.1 Å². The number of oxime groups is 1. The summed E-state index contributed by atoms with van der Waals surface area (Å²) >= 11 is 3.06. The number of rotatable bonds is 10. The van der Waals surface area contributed by atoms with E-state index in [1.54, 1.807) is 0 Å². The van der Waals surface area contributed by atoms with Gasteiger partial charge in [0.15, 0.2) is 10.9 Å². The zero-order chi connectivity index (χ0) is 30.1. The minimum atomic E-state index is -1.58. The average Bonchev–Trinajstić information content (AvgIpc) is 3.60. The number of nitrogens with zero attached hydrogens (tertiary/aromatic N) is 9. The second-order valence-corrected chi connectivity index (χ2v) is 11.3. The number of fused-ring (bicyclic) bond motifs is 1. The van der Waals surface area contributed by atoms with Crippen molar-refractivity contribution in [3.05, 3.63) is 45.3 Å². The van der Waals surface area contributed by atoms with E-state index in [1.165, 1.54) is 28.3 Å². The maximum Gasteiger partial charge on any atom is 1.00 e. The number of carbonyl (C=O) groups is 3. The fraction of sp³-hybridized carbons (Fsp3) is 0.300. The van der Waals surface area contributed by atoms with E-state index in [-0.39, 0.29) is 69.4 Å². The Morgan fingerprint density at radius 1 is 1.37 bits per heavy atom. The van der Waals surface area contributed by atoms with Crippen molar-refractivity contribution in [2.45, 2.75) is 23.1 Å². The van der Waals surface area contributed by atoms with E-state index in [4.69, 9.17) is 10.6 Å².